The van der Waals surface area contributed by atoms with Crippen molar-refractivity contribution < 1.29 is 0 Å². The second-order valence-corrected chi connectivity index (χ2v) is 6.17. The van der Waals surface area contributed by atoms with E-state index in [9.17, 15) is 0 Å². The topological polar surface area (TPSA) is 30.7 Å². The van der Waals surface area contributed by atoms with Crippen LogP contribution in [-0.4, -0.2) is 18.6 Å². The predicted octanol–water partition coefficient (Wildman–Crippen LogP) is 3.56. The number of hydrogen-bond acceptors (Lipinski definition) is 2. The lowest BCUT2D eigenvalue weighted by Crippen LogP contribution is -2.10. The molecule has 0 bridgehead atoms. The van der Waals surface area contributed by atoms with E-state index in [1.165, 1.54) is 0 Å². The molecule has 13 heavy (non-hydrogen) atoms. The van der Waals surface area contributed by atoms with Gasteiger partial charge in [-0.1, -0.05) is 34.8 Å². The largest absolute Gasteiger partial charge is 0.239 e. The van der Waals surface area contributed by atoms with Crippen molar-refractivity contribution in [2.75, 3.05) is 0 Å². The lowest BCUT2D eigenvalue weighted by Gasteiger charge is -2.09. The Balaban J connectivity index is 2.59. The van der Waals surface area contributed by atoms with Crippen LogP contribution in [0.15, 0.2) is 9.47 Å². The van der Waals surface area contributed by atoms with Crippen LogP contribution in [0.3, 0.4) is 0 Å². The normalized spacial score (nSPS) is 12.1. The van der Waals surface area contributed by atoms with Gasteiger partial charge in [0, 0.05) is 13.0 Å². The summed E-state index contributed by atoms with van der Waals surface area (Å²) in [4.78, 5) is 3.97. The van der Waals surface area contributed by atoms with Crippen molar-refractivity contribution in [2.24, 2.45) is 0 Å². The van der Waals surface area contributed by atoms with E-state index in [1.54, 1.807) is 4.68 Å². The van der Waals surface area contributed by atoms with Gasteiger partial charge >= 0.3 is 0 Å². The zero-order valence-electron chi connectivity index (χ0n) is 6.15. The fourth-order valence-corrected chi connectivity index (χ4v) is 1.95. The number of nitrogens with zero attached hydrogens (tertiary/aromatic N) is 3. The number of halogens is 5. The second kappa shape index (κ2) is 4.66. The molecule has 0 unspecified atom stereocenters. The Hall–Kier alpha value is 0.970. The summed E-state index contributed by atoms with van der Waals surface area (Å²) in [6, 6.07) is 0. The van der Waals surface area contributed by atoms with Crippen molar-refractivity contribution >= 4 is 66.7 Å². The standard InChI is InChI=1S/C5H4Br2Cl3N3/c6-3-11-4(7)13(12-3)2-1-5(8,9)10/h1-2H2. The molecule has 0 aliphatic rings. The van der Waals surface area contributed by atoms with Crippen LogP contribution in [-0.2, 0) is 6.54 Å². The van der Waals surface area contributed by atoms with Crippen molar-refractivity contribution in [1.29, 1.82) is 0 Å². The molecule has 3 nitrogen and oxygen atoms in total. The maximum atomic E-state index is 5.58. The Morgan fingerprint density at radius 1 is 1.31 bits per heavy atom. The minimum atomic E-state index is -1.25. The Morgan fingerprint density at radius 3 is 2.31 bits per heavy atom. The first kappa shape index (κ1) is 12.0. The number of alkyl halides is 3. The molecule has 0 atom stereocenters. The van der Waals surface area contributed by atoms with Crippen molar-refractivity contribution in [3.63, 3.8) is 0 Å². The fraction of sp³-hybridized carbons (Fsp3) is 0.600. The molecule has 0 fully saturated rings. The van der Waals surface area contributed by atoms with Gasteiger partial charge in [0.1, 0.15) is 0 Å². The van der Waals surface area contributed by atoms with E-state index in [0.29, 0.717) is 22.4 Å². The first-order valence-electron chi connectivity index (χ1n) is 3.21. The van der Waals surface area contributed by atoms with Crippen molar-refractivity contribution in [3.8, 4) is 0 Å². The number of aromatic nitrogens is 3. The zero-order valence-corrected chi connectivity index (χ0v) is 11.6. The average Bonchev–Trinajstić information content (AvgIpc) is 2.24. The molecule has 0 aromatic carbocycles. The van der Waals surface area contributed by atoms with Crippen LogP contribution in [0.4, 0.5) is 0 Å². The van der Waals surface area contributed by atoms with Gasteiger partial charge in [-0.05, 0) is 31.9 Å². The van der Waals surface area contributed by atoms with Crippen LogP contribution in [0.1, 0.15) is 6.42 Å². The number of aryl methyl sites for hydroxylation is 1. The molecule has 1 aromatic rings. The lowest BCUT2D eigenvalue weighted by atomic mass is 10.5. The molecule has 74 valence electrons. The van der Waals surface area contributed by atoms with Crippen LogP contribution in [0, 0.1) is 0 Å². The van der Waals surface area contributed by atoms with Gasteiger partial charge in [0.05, 0.1) is 0 Å². The molecule has 1 heterocycles. The molecule has 0 radical (unpaired) electrons. The molecular weight excluding hydrogens is 368 g/mol. The molecule has 1 rings (SSSR count). The van der Waals surface area contributed by atoms with Crippen LogP contribution >= 0.6 is 66.7 Å². The molecule has 8 heteroatoms. The highest BCUT2D eigenvalue weighted by molar-refractivity contribution is 9.11. The predicted molar refractivity (Wildman–Crippen MR) is 60.3 cm³/mol. The summed E-state index contributed by atoms with van der Waals surface area (Å²) < 4.78 is 1.46. The maximum Gasteiger partial charge on any atom is 0.218 e. The minimum Gasteiger partial charge on any atom is -0.239 e. The highest BCUT2D eigenvalue weighted by Gasteiger charge is 2.20. The van der Waals surface area contributed by atoms with E-state index in [0.717, 1.165) is 0 Å². The van der Waals surface area contributed by atoms with Crippen LogP contribution in [0.2, 0.25) is 0 Å². The summed E-state index contributed by atoms with van der Waals surface area (Å²) in [5, 5.41) is 4.01. The van der Waals surface area contributed by atoms with Gasteiger partial charge in [-0.3, -0.25) is 0 Å². The zero-order chi connectivity index (χ0) is 10.1. The van der Waals surface area contributed by atoms with Crippen molar-refractivity contribution in [1.82, 2.24) is 14.8 Å². The highest BCUT2D eigenvalue weighted by Crippen LogP contribution is 2.30. The Kier molecular flexibility index (Phi) is 4.32. The van der Waals surface area contributed by atoms with E-state index in [-0.39, 0.29) is 0 Å². The summed E-state index contributed by atoms with van der Waals surface area (Å²) in [5.74, 6) is 0. The van der Waals surface area contributed by atoms with E-state index in [1.807, 2.05) is 0 Å². The smallest absolute Gasteiger partial charge is 0.218 e. The Bertz CT molecular complexity index is 296. The van der Waals surface area contributed by atoms with E-state index >= 15 is 0 Å². The summed E-state index contributed by atoms with van der Waals surface area (Å²) >= 11 is 23.1. The van der Waals surface area contributed by atoms with Gasteiger partial charge in [-0.25, -0.2) is 4.68 Å². The van der Waals surface area contributed by atoms with Crippen LogP contribution in [0.25, 0.3) is 0 Å². The van der Waals surface area contributed by atoms with Crippen LogP contribution in [0.5, 0.6) is 0 Å². The molecule has 0 aliphatic carbocycles. The van der Waals surface area contributed by atoms with Gasteiger partial charge in [0.15, 0.2) is 8.53 Å². The minimum absolute atomic E-state index is 0.381. The van der Waals surface area contributed by atoms with Gasteiger partial charge in [-0.15, -0.1) is 5.10 Å². The average molecular weight is 372 g/mol. The Morgan fingerprint density at radius 2 is 1.92 bits per heavy atom. The molecule has 0 spiro atoms. The number of hydrogen-bond donors (Lipinski definition) is 0. The van der Waals surface area contributed by atoms with Crippen molar-refractivity contribution in [2.45, 2.75) is 16.8 Å². The van der Waals surface area contributed by atoms with Gasteiger partial charge in [-0.2, -0.15) is 4.98 Å². The third-order valence-electron chi connectivity index (χ3n) is 1.21. The second-order valence-electron chi connectivity index (χ2n) is 2.24. The van der Waals surface area contributed by atoms with E-state index in [4.69, 9.17) is 34.8 Å². The van der Waals surface area contributed by atoms with E-state index < -0.39 is 3.79 Å². The van der Waals surface area contributed by atoms with Gasteiger partial charge < -0.3 is 0 Å². The summed E-state index contributed by atoms with van der Waals surface area (Å²) in [5.41, 5.74) is 0. The van der Waals surface area contributed by atoms with Gasteiger partial charge in [0.25, 0.3) is 0 Å². The Labute approximate surface area is 107 Å². The highest BCUT2D eigenvalue weighted by atomic mass is 79.9. The van der Waals surface area contributed by atoms with E-state index in [2.05, 4.69) is 41.9 Å². The summed E-state index contributed by atoms with van der Waals surface area (Å²) in [6.45, 7) is 0.496. The van der Waals surface area contributed by atoms with Crippen molar-refractivity contribution in [3.05, 3.63) is 9.47 Å². The molecule has 0 N–H and O–H groups in total. The molecule has 0 amide bonds. The molecule has 0 saturated carbocycles. The fourth-order valence-electron chi connectivity index (χ4n) is 0.672. The lowest BCUT2D eigenvalue weighted by molar-refractivity contribution is 0.570. The first-order chi connectivity index (χ1) is 5.88. The first-order valence-corrected chi connectivity index (χ1v) is 5.93. The monoisotopic (exact) mass is 369 g/mol. The quantitative estimate of drug-likeness (QED) is 0.744. The number of rotatable bonds is 2. The van der Waals surface area contributed by atoms with Crippen LogP contribution < -0.4 is 0 Å². The molecule has 0 saturated heterocycles. The summed E-state index contributed by atoms with van der Waals surface area (Å²) in [6.07, 6.45) is 0.381. The maximum absolute atomic E-state index is 5.58. The summed E-state index contributed by atoms with van der Waals surface area (Å²) in [7, 11) is 0. The SMILES string of the molecule is ClC(Cl)(Cl)CCn1nc(Br)nc1Br. The molecular formula is C5H4Br2Cl3N3. The van der Waals surface area contributed by atoms with Gasteiger partial charge in [0.2, 0.25) is 4.73 Å². The molecule has 1 aromatic heterocycles. The molecule has 0 aliphatic heterocycles. The third kappa shape index (κ3) is 4.34. The third-order valence-corrected chi connectivity index (χ3v) is 2.70.